The molecular weight excluding hydrogens is 488 g/mol. The van der Waals surface area contributed by atoms with E-state index in [2.05, 4.69) is 4.99 Å². The first-order valence-electron chi connectivity index (χ1n) is 10.8. The summed E-state index contributed by atoms with van der Waals surface area (Å²) in [6.07, 6.45) is 1.67. The van der Waals surface area contributed by atoms with Crippen LogP contribution in [0.15, 0.2) is 68.9 Å². The van der Waals surface area contributed by atoms with Crippen LogP contribution in [0.2, 0.25) is 5.02 Å². The Labute approximate surface area is 212 Å². The van der Waals surface area contributed by atoms with E-state index in [1.807, 2.05) is 38.1 Å². The molecule has 1 amide bonds. The molecule has 35 heavy (non-hydrogen) atoms. The molecule has 1 N–H and O–H groups in total. The Balaban J connectivity index is 1.63. The van der Waals surface area contributed by atoms with Crippen LogP contribution in [0, 0.1) is 5.92 Å². The summed E-state index contributed by atoms with van der Waals surface area (Å²) in [5, 5.41) is 10.1. The molecular formula is C26H23ClN2O5S. The van der Waals surface area contributed by atoms with E-state index >= 15 is 0 Å². The summed E-state index contributed by atoms with van der Waals surface area (Å²) in [5.74, 6) is 0.661. The van der Waals surface area contributed by atoms with Crippen molar-refractivity contribution in [1.82, 2.24) is 4.90 Å². The fourth-order valence-corrected chi connectivity index (χ4v) is 4.63. The van der Waals surface area contributed by atoms with Gasteiger partial charge in [0.25, 0.3) is 5.91 Å². The van der Waals surface area contributed by atoms with Gasteiger partial charge in [0.1, 0.15) is 17.3 Å². The van der Waals surface area contributed by atoms with Gasteiger partial charge in [-0.2, -0.15) is 0 Å². The van der Waals surface area contributed by atoms with Crippen molar-refractivity contribution in [3.05, 3.63) is 75.8 Å². The molecule has 0 saturated carbocycles. The minimum Gasteiger partial charge on any atom is -0.497 e. The summed E-state index contributed by atoms with van der Waals surface area (Å²) in [4.78, 5) is 31.4. The van der Waals surface area contributed by atoms with Crippen molar-refractivity contribution in [3.63, 3.8) is 0 Å². The predicted molar refractivity (Wildman–Crippen MR) is 138 cm³/mol. The van der Waals surface area contributed by atoms with E-state index < -0.39 is 5.97 Å². The van der Waals surface area contributed by atoms with Gasteiger partial charge in [0.2, 0.25) is 0 Å². The second-order valence-corrected chi connectivity index (χ2v) is 9.63. The van der Waals surface area contributed by atoms with E-state index in [-0.39, 0.29) is 22.4 Å². The van der Waals surface area contributed by atoms with E-state index in [1.54, 1.807) is 36.3 Å². The van der Waals surface area contributed by atoms with E-state index in [0.717, 1.165) is 5.75 Å². The highest BCUT2D eigenvalue weighted by Crippen LogP contribution is 2.36. The second kappa shape index (κ2) is 10.4. The molecule has 1 aromatic heterocycles. The van der Waals surface area contributed by atoms with E-state index in [1.165, 1.54) is 23.9 Å². The van der Waals surface area contributed by atoms with Crippen molar-refractivity contribution in [2.75, 3.05) is 13.7 Å². The Morgan fingerprint density at radius 2 is 1.94 bits per heavy atom. The van der Waals surface area contributed by atoms with Gasteiger partial charge in [-0.05, 0) is 72.3 Å². The van der Waals surface area contributed by atoms with Gasteiger partial charge in [-0.15, -0.1) is 0 Å². The van der Waals surface area contributed by atoms with Crippen molar-refractivity contribution in [2.24, 2.45) is 10.9 Å². The Morgan fingerprint density at radius 1 is 1.20 bits per heavy atom. The molecule has 4 rings (SSSR count). The van der Waals surface area contributed by atoms with Crippen molar-refractivity contribution < 1.29 is 23.8 Å². The standard InChI is InChI=1S/C26H23ClN2O5S/c1-15(2)14-29-24(30)23(35-26(29)28-17-5-7-18(33-3)8-6-17)13-19-9-11-22(34-19)16-4-10-21(27)20(12-16)25(31)32/h4-13,15H,14H2,1-3H3,(H,31,32). The fourth-order valence-electron chi connectivity index (χ4n) is 3.44. The number of ether oxygens (including phenoxy) is 1. The smallest absolute Gasteiger partial charge is 0.337 e. The number of carboxylic acids is 1. The summed E-state index contributed by atoms with van der Waals surface area (Å²) in [6.45, 7) is 4.62. The van der Waals surface area contributed by atoms with Crippen molar-refractivity contribution in [1.29, 1.82) is 0 Å². The van der Waals surface area contributed by atoms with E-state index in [0.29, 0.717) is 39.4 Å². The molecule has 1 saturated heterocycles. The molecule has 9 heteroatoms. The van der Waals surface area contributed by atoms with Crippen LogP contribution in [-0.2, 0) is 4.79 Å². The third-order valence-electron chi connectivity index (χ3n) is 5.11. The third-order valence-corrected chi connectivity index (χ3v) is 6.45. The van der Waals surface area contributed by atoms with Crippen LogP contribution < -0.4 is 4.74 Å². The summed E-state index contributed by atoms with van der Waals surface area (Å²) < 4.78 is 11.1. The molecule has 1 aliphatic rings. The summed E-state index contributed by atoms with van der Waals surface area (Å²) in [5.41, 5.74) is 1.28. The maximum absolute atomic E-state index is 13.2. The quantitative estimate of drug-likeness (QED) is 0.361. The van der Waals surface area contributed by atoms with Crippen LogP contribution in [0.3, 0.4) is 0 Å². The molecule has 0 aliphatic carbocycles. The molecule has 0 unspecified atom stereocenters. The number of thioether (sulfide) groups is 1. The average molecular weight is 511 g/mol. The second-order valence-electron chi connectivity index (χ2n) is 8.21. The number of rotatable bonds is 7. The molecule has 0 atom stereocenters. The maximum atomic E-state index is 13.2. The van der Waals surface area contributed by atoms with E-state index in [9.17, 15) is 14.7 Å². The van der Waals surface area contributed by atoms with Gasteiger partial charge in [0.15, 0.2) is 5.17 Å². The molecule has 0 radical (unpaired) electrons. The number of hydrogen-bond donors (Lipinski definition) is 1. The lowest BCUT2D eigenvalue weighted by molar-refractivity contribution is -0.122. The van der Waals surface area contributed by atoms with Gasteiger partial charge >= 0.3 is 5.97 Å². The van der Waals surface area contributed by atoms with Crippen LogP contribution in [-0.4, -0.2) is 40.7 Å². The Morgan fingerprint density at radius 3 is 2.60 bits per heavy atom. The minimum absolute atomic E-state index is 0.00860. The van der Waals surface area contributed by atoms with Gasteiger partial charge in [-0.3, -0.25) is 9.69 Å². The monoisotopic (exact) mass is 510 g/mol. The lowest BCUT2D eigenvalue weighted by Crippen LogP contribution is -2.32. The first-order valence-corrected chi connectivity index (χ1v) is 12.0. The number of carboxylic acid groups (broad SMARTS) is 1. The zero-order valence-electron chi connectivity index (χ0n) is 19.3. The number of methoxy groups -OCH3 is 1. The third kappa shape index (κ3) is 5.61. The number of amidine groups is 1. The fraction of sp³-hybridized carbons (Fsp3) is 0.192. The van der Waals surface area contributed by atoms with Gasteiger partial charge in [-0.1, -0.05) is 25.4 Å². The molecule has 0 spiro atoms. The first kappa shape index (κ1) is 24.6. The number of furan rings is 1. The number of aromatic carboxylic acids is 1. The zero-order chi connectivity index (χ0) is 25.1. The number of aliphatic imine (C=N–C) groups is 1. The maximum Gasteiger partial charge on any atom is 0.337 e. The first-order chi connectivity index (χ1) is 16.7. The Hall–Kier alpha value is -3.49. The number of benzene rings is 2. The number of hydrogen-bond acceptors (Lipinski definition) is 6. The van der Waals surface area contributed by atoms with Crippen LogP contribution in [0.5, 0.6) is 5.75 Å². The Kier molecular flexibility index (Phi) is 7.33. The molecule has 2 aromatic carbocycles. The van der Waals surface area contributed by atoms with Crippen LogP contribution >= 0.6 is 23.4 Å². The SMILES string of the molecule is COc1ccc(N=C2SC(=Cc3ccc(-c4ccc(Cl)c(C(=O)O)c4)o3)C(=O)N2CC(C)C)cc1. The summed E-state index contributed by atoms with van der Waals surface area (Å²) in [6, 6.07) is 15.4. The number of halogens is 1. The normalized spacial score (nSPS) is 16.0. The summed E-state index contributed by atoms with van der Waals surface area (Å²) >= 11 is 7.25. The minimum atomic E-state index is -1.12. The average Bonchev–Trinajstić information content (AvgIpc) is 3.40. The van der Waals surface area contributed by atoms with Crippen molar-refractivity contribution >= 4 is 52.2 Å². The topological polar surface area (TPSA) is 92.3 Å². The number of carbonyl (C=O) groups is 2. The molecule has 7 nitrogen and oxygen atoms in total. The highest BCUT2D eigenvalue weighted by atomic mass is 35.5. The van der Waals surface area contributed by atoms with Crippen molar-refractivity contribution in [3.8, 4) is 17.1 Å². The largest absolute Gasteiger partial charge is 0.497 e. The van der Waals surface area contributed by atoms with Gasteiger partial charge in [0, 0.05) is 18.2 Å². The Bertz CT molecular complexity index is 1330. The number of amides is 1. The zero-order valence-corrected chi connectivity index (χ0v) is 20.9. The lowest BCUT2D eigenvalue weighted by atomic mass is 10.1. The lowest BCUT2D eigenvalue weighted by Gasteiger charge is -2.17. The van der Waals surface area contributed by atoms with Gasteiger partial charge in [-0.25, -0.2) is 9.79 Å². The van der Waals surface area contributed by atoms with Gasteiger partial charge in [0.05, 0.1) is 28.3 Å². The van der Waals surface area contributed by atoms with Crippen molar-refractivity contribution in [2.45, 2.75) is 13.8 Å². The van der Waals surface area contributed by atoms with Crippen LogP contribution in [0.4, 0.5) is 5.69 Å². The number of carbonyl (C=O) groups excluding carboxylic acids is 1. The molecule has 1 fully saturated rings. The van der Waals surface area contributed by atoms with Crippen LogP contribution in [0.1, 0.15) is 30.0 Å². The summed E-state index contributed by atoms with van der Waals surface area (Å²) in [7, 11) is 1.60. The number of nitrogens with zero attached hydrogens (tertiary/aromatic N) is 2. The highest BCUT2D eigenvalue weighted by molar-refractivity contribution is 8.18. The molecule has 3 aromatic rings. The molecule has 1 aliphatic heterocycles. The molecule has 0 bridgehead atoms. The van der Waals surface area contributed by atoms with Crippen LogP contribution in [0.25, 0.3) is 17.4 Å². The van der Waals surface area contributed by atoms with Gasteiger partial charge < -0.3 is 14.3 Å². The highest BCUT2D eigenvalue weighted by Gasteiger charge is 2.34. The predicted octanol–water partition coefficient (Wildman–Crippen LogP) is 6.57. The molecule has 180 valence electrons. The molecule has 2 heterocycles. The van der Waals surface area contributed by atoms with E-state index in [4.69, 9.17) is 20.8 Å².